The van der Waals surface area contributed by atoms with Crippen molar-refractivity contribution in [1.29, 1.82) is 0 Å². The molecule has 0 bridgehead atoms. The van der Waals surface area contributed by atoms with E-state index in [0.717, 1.165) is 4.90 Å². The van der Waals surface area contributed by atoms with Crippen LogP contribution in [0.25, 0.3) is 6.08 Å². The molecule has 0 spiro atoms. The second kappa shape index (κ2) is 6.11. The lowest BCUT2D eigenvalue weighted by atomic mass is 10.1. The number of carbonyl (C=O) groups excluding carboxylic acids is 3. The van der Waals surface area contributed by atoms with E-state index in [4.69, 9.17) is 23.2 Å². The summed E-state index contributed by atoms with van der Waals surface area (Å²) in [5.74, 6) is -1.49. The molecule has 1 N–H and O–H groups in total. The van der Waals surface area contributed by atoms with E-state index in [1.807, 2.05) is 0 Å². The van der Waals surface area contributed by atoms with Crippen LogP contribution >= 0.6 is 23.2 Å². The van der Waals surface area contributed by atoms with E-state index in [1.165, 1.54) is 12.2 Å². The molecule has 1 aliphatic heterocycles. The molecule has 21 heavy (non-hydrogen) atoms. The fraction of sp³-hybridized carbons (Fsp3) is 0.0714. The third kappa shape index (κ3) is 2.99. The highest BCUT2D eigenvalue weighted by Crippen LogP contribution is 2.28. The second-order valence-corrected chi connectivity index (χ2v) is 4.95. The van der Waals surface area contributed by atoms with Gasteiger partial charge < -0.3 is 0 Å². The SMILES string of the molecule is C=CCN1C(=O)NC(=O)/C(=C\c2cccc(Cl)c2Cl)C1=O. The molecule has 1 heterocycles. The van der Waals surface area contributed by atoms with Gasteiger partial charge in [0.05, 0.1) is 10.0 Å². The molecular formula is C14H10Cl2N2O3. The number of benzene rings is 1. The first-order chi connectivity index (χ1) is 9.95. The largest absolute Gasteiger partial charge is 0.331 e. The van der Waals surface area contributed by atoms with Crippen molar-refractivity contribution in [3.05, 3.63) is 52.0 Å². The third-order valence-corrected chi connectivity index (χ3v) is 3.61. The van der Waals surface area contributed by atoms with Crippen molar-refractivity contribution in [2.45, 2.75) is 0 Å². The van der Waals surface area contributed by atoms with Gasteiger partial charge >= 0.3 is 6.03 Å². The molecule has 1 saturated heterocycles. The Morgan fingerprint density at radius 2 is 1.95 bits per heavy atom. The summed E-state index contributed by atoms with van der Waals surface area (Å²) in [4.78, 5) is 36.5. The van der Waals surface area contributed by atoms with E-state index in [9.17, 15) is 14.4 Å². The third-order valence-electron chi connectivity index (χ3n) is 2.78. The molecule has 5 nitrogen and oxygen atoms in total. The molecule has 0 unspecified atom stereocenters. The number of carbonyl (C=O) groups is 3. The molecule has 2 rings (SSSR count). The molecule has 0 aromatic heterocycles. The lowest BCUT2D eigenvalue weighted by Gasteiger charge is -2.25. The minimum Gasteiger partial charge on any atom is -0.273 e. The Bertz CT molecular complexity index is 683. The number of barbiturate groups is 1. The molecule has 1 fully saturated rings. The number of nitrogens with one attached hydrogen (secondary N) is 1. The fourth-order valence-corrected chi connectivity index (χ4v) is 2.14. The molecule has 1 aromatic rings. The van der Waals surface area contributed by atoms with Crippen molar-refractivity contribution < 1.29 is 14.4 Å². The maximum Gasteiger partial charge on any atom is 0.331 e. The van der Waals surface area contributed by atoms with Gasteiger partial charge in [0.2, 0.25) is 0 Å². The molecule has 4 amide bonds. The number of amides is 4. The van der Waals surface area contributed by atoms with E-state index in [0.29, 0.717) is 10.6 Å². The zero-order valence-electron chi connectivity index (χ0n) is 10.7. The van der Waals surface area contributed by atoms with Gasteiger partial charge in [-0.1, -0.05) is 41.4 Å². The normalized spacial score (nSPS) is 17.1. The Morgan fingerprint density at radius 3 is 2.62 bits per heavy atom. The first-order valence-electron chi connectivity index (χ1n) is 5.89. The average molecular weight is 325 g/mol. The predicted molar refractivity (Wildman–Crippen MR) is 79.9 cm³/mol. The van der Waals surface area contributed by atoms with Gasteiger partial charge in [-0.25, -0.2) is 4.79 Å². The summed E-state index contributed by atoms with van der Waals surface area (Å²) in [6.07, 6.45) is 2.69. The fourth-order valence-electron chi connectivity index (χ4n) is 1.78. The molecule has 1 aliphatic rings. The number of hydrogen-bond acceptors (Lipinski definition) is 3. The lowest BCUT2D eigenvalue weighted by Crippen LogP contribution is -2.54. The minimum atomic E-state index is -0.778. The van der Waals surface area contributed by atoms with Gasteiger partial charge in [0.25, 0.3) is 11.8 Å². The van der Waals surface area contributed by atoms with Crippen LogP contribution in [0.3, 0.4) is 0 Å². The van der Waals surface area contributed by atoms with Crippen molar-refractivity contribution in [2.75, 3.05) is 6.54 Å². The highest BCUT2D eigenvalue weighted by atomic mass is 35.5. The molecule has 0 saturated carbocycles. The first kappa shape index (κ1) is 15.3. The number of imide groups is 2. The van der Waals surface area contributed by atoms with Crippen LogP contribution < -0.4 is 5.32 Å². The molecule has 108 valence electrons. The quantitative estimate of drug-likeness (QED) is 0.528. The minimum absolute atomic E-state index is 0.00142. The summed E-state index contributed by atoms with van der Waals surface area (Å²) in [5.41, 5.74) is 0.219. The van der Waals surface area contributed by atoms with Crippen LogP contribution in [0.1, 0.15) is 5.56 Å². The zero-order chi connectivity index (χ0) is 15.6. The van der Waals surface area contributed by atoms with Crippen molar-refractivity contribution in [2.24, 2.45) is 0 Å². The first-order valence-corrected chi connectivity index (χ1v) is 6.65. The molecule has 0 radical (unpaired) electrons. The van der Waals surface area contributed by atoms with Crippen LogP contribution in [-0.2, 0) is 9.59 Å². The Hall–Kier alpha value is -2.11. The molecule has 7 heteroatoms. The van der Waals surface area contributed by atoms with Gasteiger partial charge in [-0.05, 0) is 17.7 Å². The van der Waals surface area contributed by atoms with E-state index >= 15 is 0 Å². The molecule has 1 aromatic carbocycles. The summed E-state index contributed by atoms with van der Waals surface area (Å²) in [7, 11) is 0. The smallest absolute Gasteiger partial charge is 0.273 e. The number of hydrogen-bond donors (Lipinski definition) is 1. The summed E-state index contributed by atoms with van der Waals surface area (Å²) in [6.45, 7) is 3.46. The van der Waals surface area contributed by atoms with Crippen LogP contribution in [0.2, 0.25) is 10.0 Å². The van der Waals surface area contributed by atoms with Crippen molar-refractivity contribution in [3.8, 4) is 0 Å². The number of nitrogens with zero attached hydrogens (tertiary/aromatic N) is 1. The lowest BCUT2D eigenvalue weighted by molar-refractivity contribution is -0.129. The van der Waals surface area contributed by atoms with E-state index in [1.54, 1.807) is 18.2 Å². The maximum atomic E-state index is 12.2. The van der Waals surface area contributed by atoms with Gasteiger partial charge in [-0.2, -0.15) is 0 Å². The van der Waals surface area contributed by atoms with Crippen LogP contribution in [-0.4, -0.2) is 29.3 Å². The maximum absolute atomic E-state index is 12.2. The van der Waals surface area contributed by atoms with Gasteiger partial charge in [0, 0.05) is 6.54 Å². The van der Waals surface area contributed by atoms with E-state index < -0.39 is 17.8 Å². The van der Waals surface area contributed by atoms with Crippen LogP contribution in [0.5, 0.6) is 0 Å². The van der Waals surface area contributed by atoms with Crippen molar-refractivity contribution in [1.82, 2.24) is 10.2 Å². The van der Waals surface area contributed by atoms with Crippen molar-refractivity contribution >= 4 is 47.1 Å². The molecule has 0 atom stereocenters. The van der Waals surface area contributed by atoms with Gasteiger partial charge in [-0.3, -0.25) is 19.8 Å². The van der Waals surface area contributed by atoms with Gasteiger partial charge in [-0.15, -0.1) is 6.58 Å². The molecular weight excluding hydrogens is 315 g/mol. The summed E-state index contributed by atoms with van der Waals surface area (Å²) < 4.78 is 0. The topological polar surface area (TPSA) is 66.5 Å². The highest BCUT2D eigenvalue weighted by molar-refractivity contribution is 6.43. The zero-order valence-corrected chi connectivity index (χ0v) is 12.2. The van der Waals surface area contributed by atoms with E-state index in [-0.39, 0.29) is 17.1 Å². The van der Waals surface area contributed by atoms with Gasteiger partial charge in [0.1, 0.15) is 5.57 Å². The number of urea groups is 1. The van der Waals surface area contributed by atoms with Crippen LogP contribution in [0.15, 0.2) is 36.4 Å². The van der Waals surface area contributed by atoms with Crippen molar-refractivity contribution in [3.63, 3.8) is 0 Å². The summed E-state index contributed by atoms with van der Waals surface area (Å²) >= 11 is 11.9. The Labute approximate surface area is 130 Å². The summed E-state index contributed by atoms with van der Waals surface area (Å²) in [5, 5.41) is 2.61. The standard InChI is InChI=1S/C14H10Cl2N2O3/c1-2-6-18-13(20)9(12(19)17-14(18)21)7-8-4-3-5-10(15)11(8)16/h2-5,7H,1,6H2,(H,17,19,21)/b9-7+. The Morgan fingerprint density at radius 1 is 1.24 bits per heavy atom. The van der Waals surface area contributed by atoms with Crippen LogP contribution in [0.4, 0.5) is 4.79 Å². The summed E-state index contributed by atoms with van der Waals surface area (Å²) in [6, 6.07) is 4.05. The Kier molecular flexibility index (Phi) is 4.45. The second-order valence-electron chi connectivity index (χ2n) is 4.16. The predicted octanol–water partition coefficient (Wildman–Crippen LogP) is 2.64. The monoisotopic (exact) mass is 324 g/mol. The Balaban J connectivity index is 2.45. The van der Waals surface area contributed by atoms with Gasteiger partial charge in [0.15, 0.2) is 0 Å². The highest BCUT2D eigenvalue weighted by Gasteiger charge is 2.35. The average Bonchev–Trinajstić information content (AvgIpc) is 2.44. The van der Waals surface area contributed by atoms with Crippen LogP contribution in [0, 0.1) is 0 Å². The van der Waals surface area contributed by atoms with E-state index in [2.05, 4.69) is 11.9 Å². The number of halogens is 2. The molecule has 0 aliphatic carbocycles. The number of rotatable bonds is 3.